The Morgan fingerprint density at radius 2 is 2.21 bits per heavy atom. The van der Waals surface area contributed by atoms with Crippen LogP contribution in [0.25, 0.3) is 0 Å². The van der Waals surface area contributed by atoms with E-state index in [1.54, 1.807) is 0 Å². The summed E-state index contributed by atoms with van der Waals surface area (Å²) >= 11 is 0. The van der Waals surface area contributed by atoms with Crippen molar-refractivity contribution in [1.82, 2.24) is 5.32 Å². The molecular formula is C10H20ClNO2. The molecule has 3 nitrogen and oxygen atoms in total. The van der Waals surface area contributed by atoms with Gasteiger partial charge in [0.1, 0.15) is 5.72 Å². The standard InChI is InChI=1S/C10H19NO2.ClH/c1-10(11-5-7-13-10)8-9-4-2-3-6-12-9;/h9,11H,2-8H2,1H3;1H. The van der Waals surface area contributed by atoms with Gasteiger partial charge in [-0.2, -0.15) is 0 Å². The van der Waals surface area contributed by atoms with Crippen molar-refractivity contribution in [2.24, 2.45) is 0 Å². The van der Waals surface area contributed by atoms with Crippen LogP contribution in [-0.4, -0.2) is 31.6 Å². The number of hydrogen-bond acceptors (Lipinski definition) is 3. The van der Waals surface area contributed by atoms with Gasteiger partial charge in [0.15, 0.2) is 0 Å². The minimum atomic E-state index is -0.123. The molecule has 0 amide bonds. The van der Waals surface area contributed by atoms with Crippen molar-refractivity contribution in [2.75, 3.05) is 19.8 Å². The fourth-order valence-electron chi connectivity index (χ4n) is 2.18. The molecule has 0 saturated carbocycles. The molecule has 2 unspecified atom stereocenters. The van der Waals surface area contributed by atoms with Gasteiger partial charge in [0.2, 0.25) is 0 Å². The zero-order valence-corrected chi connectivity index (χ0v) is 9.57. The molecule has 2 saturated heterocycles. The summed E-state index contributed by atoms with van der Waals surface area (Å²) in [4.78, 5) is 0. The van der Waals surface area contributed by atoms with Crippen LogP contribution in [0.4, 0.5) is 0 Å². The van der Waals surface area contributed by atoms with Gasteiger partial charge >= 0.3 is 0 Å². The maximum Gasteiger partial charge on any atom is 0.119 e. The topological polar surface area (TPSA) is 30.5 Å². The Morgan fingerprint density at radius 1 is 1.36 bits per heavy atom. The van der Waals surface area contributed by atoms with E-state index in [1.807, 2.05) is 0 Å². The second-order valence-electron chi connectivity index (χ2n) is 4.20. The quantitative estimate of drug-likeness (QED) is 0.770. The van der Waals surface area contributed by atoms with Crippen LogP contribution in [-0.2, 0) is 9.47 Å². The molecule has 0 aromatic carbocycles. The van der Waals surface area contributed by atoms with Crippen LogP contribution in [0.2, 0.25) is 0 Å². The van der Waals surface area contributed by atoms with E-state index >= 15 is 0 Å². The minimum absolute atomic E-state index is 0. The maximum absolute atomic E-state index is 5.69. The van der Waals surface area contributed by atoms with E-state index in [2.05, 4.69) is 12.2 Å². The summed E-state index contributed by atoms with van der Waals surface area (Å²) in [5.74, 6) is 0. The Balaban J connectivity index is 0.000000980. The summed E-state index contributed by atoms with van der Waals surface area (Å²) in [5, 5.41) is 3.38. The Kier molecular flexibility index (Phi) is 4.64. The van der Waals surface area contributed by atoms with E-state index in [0.29, 0.717) is 6.10 Å². The number of rotatable bonds is 2. The monoisotopic (exact) mass is 221 g/mol. The molecule has 2 rings (SSSR count). The third-order valence-electron chi connectivity index (χ3n) is 2.91. The molecule has 2 aliphatic rings. The molecular weight excluding hydrogens is 202 g/mol. The van der Waals surface area contributed by atoms with Crippen molar-refractivity contribution in [3.63, 3.8) is 0 Å². The largest absolute Gasteiger partial charge is 0.378 e. The predicted molar refractivity (Wildman–Crippen MR) is 57.8 cm³/mol. The van der Waals surface area contributed by atoms with Gasteiger partial charge in [0, 0.05) is 19.6 Å². The molecule has 0 aromatic heterocycles. The molecule has 2 fully saturated rings. The van der Waals surface area contributed by atoms with Gasteiger partial charge in [-0.1, -0.05) is 0 Å². The van der Waals surface area contributed by atoms with Gasteiger partial charge in [-0.15, -0.1) is 12.4 Å². The second-order valence-corrected chi connectivity index (χ2v) is 4.20. The zero-order valence-electron chi connectivity index (χ0n) is 8.75. The first-order chi connectivity index (χ1) is 6.29. The summed E-state index contributed by atoms with van der Waals surface area (Å²) in [6.45, 7) is 4.87. The van der Waals surface area contributed by atoms with Gasteiger partial charge in [-0.25, -0.2) is 0 Å². The second kappa shape index (κ2) is 5.31. The van der Waals surface area contributed by atoms with Gasteiger partial charge in [-0.05, 0) is 26.2 Å². The number of nitrogens with one attached hydrogen (secondary N) is 1. The summed E-state index contributed by atoms with van der Waals surface area (Å²) < 4.78 is 11.3. The van der Waals surface area contributed by atoms with Crippen LogP contribution >= 0.6 is 12.4 Å². The summed E-state index contributed by atoms with van der Waals surface area (Å²) in [7, 11) is 0. The Labute approximate surface area is 91.9 Å². The van der Waals surface area contributed by atoms with Crippen LogP contribution in [0.15, 0.2) is 0 Å². The summed E-state index contributed by atoms with van der Waals surface area (Å²) in [6, 6.07) is 0. The average Bonchev–Trinajstić information content (AvgIpc) is 2.54. The smallest absolute Gasteiger partial charge is 0.119 e. The molecule has 0 bridgehead atoms. The highest BCUT2D eigenvalue weighted by atomic mass is 35.5. The Morgan fingerprint density at radius 3 is 2.79 bits per heavy atom. The highest BCUT2D eigenvalue weighted by molar-refractivity contribution is 5.85. The van der Waals surface area contributed by atoms with E-state index < -0.39 is 0 Å². The van der Waals surface area contributed by atoms with Crippen molar-refractivity contribution < 1.29 is 9.47 Å². The molecule has 84 valence electrons. The maximum atomic E-state index is 5.69. The van der Waals surface area contributed by atoms with E-state index in [9.17, 15) is 0 Å². The molecule has 0 aromatic rings. The zero-order chi connectivity index (χ0) is 9.15. The van der Waals surface area contributed by atoms with E-state index in [-0.39, 0.29) is 18.1 Å². The Hall–Kier alpha value is 0.170. The highest BCUT2D eigenvalue weighted by Crippen LogP contribution is 2.24. The first kappa shape index (κ1) is 12.2. The van der Waals surface area contributed by atoms with Gasteiger partial charge in [0.05, 0.1) is 12.7 Å². The Bertz CT molecular complexity index is 166. The summed E-state index contributed by atoms with van der Waals surface area (Å²) in [5.41, 5.74) is -0.123. The summed E-state index contributed by atoms with van der Waals surface area (Å²) in [6.07, 6.45) is 5.12. The van der Waals surface area contributed by atoms with Crippen LogP contribution in [0.3, 0.4) is 0 Å². The molecule has 2 atom stereocenters. The van der Waals surface area contributed by atoms with Crippen molar-refractivity contribution in [2.45, 2.75) is 44.4 Å². The van der Waals surface area contributed by atoms with Crippen LogP contribution < -0.4 is 5.32 Å². The molecule has 4 heteroatoms. The SMILES string of the molecule is CC1(CC2CCCCO2)NCCO1.Cl. The molecule has 2 heterocycles. The highest BCUT2D eigenvalue weighted by Gasteiger charge is 2.32. The normalized spacial score (nSPS) is 37.9. The van der Waals surface area contributed by atoms with Crippen molar-refractivity contribution >= 4 is 12.4 Å². The molecule has 1 N–H and O–H groups in total. The van der Waals surface area contributed by atoms with Crippen molar-refractivity contribution in [3.8, 4) is 0 Å². The predicted octanol–water partition coefficient (Wildman–Crippen LogP) is 1.70. The average molecular weight is 222 g/mol. The number of hydrogen-bond donors (Lipinski definition) is 1. The lowest BCUT2D eigenvalue weighted by Crippen LogP contribution is -2.42. The lowest BCUT2D eigenvalue weighted by molar-refractivity contribution is -0.0678. The van der Waals surface area contributed by atoms with Crippen molar-refractivity contribution in [3.05, 3.63) is 0 Å². The lowest BCUT2D eigenvalue weighted by Gasteiger charge is -2.31. The number of ether oxygens (including phenoxy) is 2. The fourth-order valence-corrected chi connectivity index (χ4v) is 2.18. The minimum Gasteiger partial charge on any atom is -0.378 e. The molecule has 2 aliphatic heterocycles. The van der Waals surface area contributed by atoms with E-state index in [1.165, 1.54) is 19.3 Å². The fraction of sp³-hybridized carbons (Fsp3) is 1.00. The van der Waals surface area contributed by atoms with E-state index in [0.717, 1.165) is 26.2 Å². The first-order valence-corrected chi connectivity index (χ1v) is 5.29. The van der Waals surface area contributed by atoms with Gasteiger partial charge in [-0.3, -0.25) is 5.32 Å². The molecule has 0 radical (unpaired) electrons. The van der Waals surface area contributed by atoms with E-state index in [4.69, 9.17) is 9.47 Å². The van der Waals surface area contributed by atoms with Crippen molar-refractivity contribution in [1.29, 1.82) is 0 Å². The molecule has 0 aliphatic carbocycles. The lowest BCUT2D eigenvalue weighted by atomic mass is 10.0. The molecule has 14 heavy (non-hydrogen) atoms. The van der Waals surface area contributed by atoms with Gasteiger partial charge < -0.3 is 9.47 Å². The van der Waals surface area contributed by atoms with Crippen LogP contribution in [0.1, 0.15) is 32.6 Å². The number of halogens is 1. The third kappa shape index (κ3) is 3.09. The van der Waals surface area contributed by atoms with Crippen LogP contribution in [0, 0.1) is 0 Å². The van der Waals surface area contributed by atoms with Crippen LogP contribution in [0.5, 0.6) is 0 Å². The first-order valence-electron chi connectivity index (χ1n) is 5.29. The third-order valence-corrected chi connectivity index (χ3v) is 2.91. The molecule has 0 spiro atoms. The van der Waals surface area contributed by atoms with Gasteiger partial charge in [0.25, 0.3) is 0 Å².